The van der Waals surface area contributed by atoms with E-state index in [1.165, 1.54) is 7.11 Å². The third kappa shape index (κ3) is 2.89. The van der Waals surface area contributed by atoms with E-state index in [4.69, 9.17) is 0 Å². The summed E-state index contributed by atoms with van der Waals surface area (Å²) in [5.41, 5.74) is 2.95. The van der Waals surface area contributed by atoms with Crippen LogP contribution in [-0.2, 0) is 4.74 Å². The summed E-state index contributed by atoms with van der Waals surface area (Å²) in [5.74, 6) is -0.528. The highest BCUT2D eigenvalue weighted by atomic mass is 16.5. The fourth-order valence-electron chi connectivity index (χ4n) is 2.32. The van der Waals surface area contributed by atoms with E-state index in [0.717, 1.165) is 5.56 Å². The summed E-state index contributed by atoms with van der Waals surface area (Å²) >= 11 is 0. The number of nitrogens with zero attached hydrogens (tertiary/aromatic N) is 1. The van der Waals surface area contributed by atoms with Crippen molar-refractivity contribution in [2.75, 3.05) is 7.11 Å². The van der Waals surface area contributed by atoms with Gasteiger partial charge in [-0.1, -0.05) is 42.5 Å². The molecule has 0 fully saturated rings. The molecule has 23 heavy (non-hydrogen) atoms. The highest BCUT2D eigenvalue weighted by molar-refractivity contribution is 6.11. The van der Waals surface area contributed by atoms with Crippen LogP contribution >= 0.6 is 0 Å². The van der Waals surface area contributed by atoms with Gasteiger partial charge in [-0.3, -0.25) is 9.89 Å². The fraction of sp³-hybridized carbons (Fsp3) is 0.0556. The number of rotatable bonds is 4. The lowest BCUT2D eigenvalue weighted by molar-refractivity contribution is 0.0600. The zero-order valence-corrected chi connectivity index (χ0v) is 12.4. The molecule has 0 saturated carbocycles. The average Bonchev–Trinajstić information content (AvgIpc) is 3.11. The van der Waals surface area contributed by atoms with Crippen LogP contribution in [0.3, 0.4) is 0 Å². The number of carbonyl (C=O) groups is 2. The van der Waals surface area contributed by atoms with Gasteiger partial charge >= 0.3 is 5.97 Å². The molecule has 0 atom stereocenters. The van der Waals surface area contributed by atoms with Gasteiger partial charge in [-0.15, -0.1) is 0 Å². The monoisotopic (exact) mass is 306 g/mol. The van der Waals surface area contributed by atoms with Crippen LogP contribution in [0, 0.1) is 0 Å². The molecule has 0 amide bonds. The van der Waals surface area contributed by atoms with Gasteiger partial charge in [0.15, 0.2) is 0 Å². The molecule has 0 aliphatic heterocycles. The highest BCUT2D eigenvalue weighted by Crippen LogP contribution is 2.24. The number of benzene rings is 2. The molecule has 2 aromatic carbocycles. The number of hydrogen-bond acceptors (Lipinski definition) is 4. The molecule has 3 rings (SSSR count). The number of esters is 1. The van der Waals surface area contributed by atoms with Gasteiger partial charge in [-0.05, 0) is 17.7 Å². The van der Waals surface area contributed by atoms with Crippen LogP contribution in [0.15, 0.2) is 60.8 Å². The van der Waals surface area contributed by atoms with Crippen LogP contribution in [0.1, 0.15) is 26.4 Å². The summed E-state index contributed by atoms with van der Waals surface area (Å²) in [4.78, 5) is 24.1. The first-order chi connectivity index (χ1) is 11.2. The van der Waals surface area contributed by atoms with Crippen LogP contribution in [0.25, 0.3) is 11.1 Å². The minimum absolute atomic E-state index is 0.129. The highest BCUT2D eigenvalue weighted by Gasteiger charge is 2.17. The van der Waals surface area contributed by atoms with Crippen LogP contribution in [0.4, 0.5) is 0 Å². The molecule has 0 spiro atoms. The Morgan fingerprint density at radius 1 is 0.957 bits per heavy atom. The predicted octanol–water partition coefficient (Wildman–Crippen LogP) is 3.09. The van der Waals surface area contributed by atoms with Crippen molar-refractivity contribution in [2.45, 2.75) is 0 Å². The molecule has 5 nitrogen and oxygen atoms in total. The Hall–Kier alpha value is -3.21. The quantitative estimate of drug-likeness (QED) is 0.594. The Kier molecular flexibility index (Phi) is 4.01. The summed E-state index contributed by atoms with van der Waals surface area (Å²) < 4.78 is 4.68. The molecule has 5 heteroatoms. The molecule has 0 bridgehead atoms. The van der Waals surface area contributed by atoms with Gasteiger partial charge in [0, 0.05) is 11.1 Å². The Morgan fingerprint density at radius 3 is 2.30 bits per heavy atom. The van der Waals surface area contributed by atoms with Gasteiger partial charge in [0.2, 0.25) is 5.78 Å². The van der Waals surface area contributed by atoms with Crippen LogP contribution in [0.2, 0.25) is 0 Å². The fourth-order valence-corrected chi connectivity index (χ4v) is 2.32. The number of aromatic amines is 1. The van der Waals surface area contributed by atoms with E-state index in [9.17, 15) is 9.59 Å². The molecule has 1 N–H and O–H groups in total. The zero-order valence-electron chi connectivity index (χ0n) is 12.4. The van der Waals surface area contributed by atoms with E-state index < -0.39 is 5.97 Å². The number of ether oxygens (including phenoxy) is 1. The lowest BCUT2D eigenvalue weighted by atomic mass is 10.00. The molecule has 0 saturated heterocycles. The molecular formula is C18H14N2O3. The number of H-pyrrole nitrogens is 1. The minimum atomic E-state index is -0.399. The van der Waals surface area contributed by atoms with Crippen molar-refractivity contribution in [2.24, 2.45) is 0 Å². The molecule has 1 heterocycles. The first kappa shape index (κ1) is 14.7. The molecule has 0 radical (unpaired) electrons. The Morgan fingerprint density at radius 2 is 1.65 bits per heavy atom. The van der Waals surface area contributed by atoms with E-state index in [0.29, 0.717) is 22.4 Å². The van der Waals surface area contributed by atoms with E-state index in [1.54, 1.807) is 42.6 Å². The lowest BCUT2D eigenvalue weighted by Gasteiger charge is -2.04. The lowest BCUT2D eigenvalue weighted by Crippen LogP contribution is -2.04. The Bertz CT molecular complexity index is 836. The average molecular weight is 306 g/mol. The summed E-state index contributed by atoms with van der Waals surface area (Å²) in [6.07, 6.45) is 1.60. The van der Waals surface area contributed by atoms with E-state index in [2.05, 4.69) is 14.9 Å². The summed E-state index contributed by atoms with van der Waals surface area (Å²) in [7, 11) is 1.34. The second kappa shape index (κ2) is 6.27. The Labute approximate surface area is 132 Å². The number of hydrogen-bond donors (Lipinski definition) is 1. The van der Waals surface area contributed by atoms with Crippen molar-refractivity contribution in [3.8, 4) is 11.1 Å². The van der Waals surface area contributed by atoms with Crippen molar-refractivity contribution < 1.29 is 14.3 Å². The minimum Gasteiger partial charge on any atom is -0.465 e. The van der Waals surface area contributed by atoms with Gasteiger partial charge in [0.1, 0.15) is 5.69 Å². The number of aromatic nitrogens is 2. The van der Waals surface area contributed by atoms with Gasteiger partial charge in [0.25, 0.3) is 0 Å². The Balaban J connectivity index is 1.95. The van der Waals surface area contributed by atoms with Gasteiger partial charge in [0.05, 0.1) is 18.9 Å². The van der Waals surface area contributed by atoms with Gasteiger partial charge in [-0.25, -0.2) is 4.79 Å². The maximum Gasteiger partial charge on any atom is 0.337 e. The SMILES string of the molecule is COC(=O)c1ccc(-c2cn[nH]c2C(=O)c2ccccc2)cc1. The van der Waals surface area contributed by atoms with Crippen molar-refractivity contribution in [3.05, 3.63) is 77.6 Å². The number of nitrogens with one attached hydrogen (secondary N) is 1. The van der Waals surface area contributed by atoms with Crippen molar-refractivity contribution in [3.63, 3.8) is 0 Å². The third-order valence-electron chi connectivity index (χ3n) is 3.52. The van der Waals surface area contributed by atoms with Gasteiger partial charge < -0.3 is 4.74 Å². The third-order valence-corrected chi connectivity index (χ3v) is 3.52. The van der Waals surface area contributed by atoms with Crippen LogP contribution in [0.5, 0.6) is 0 Å². The number of methoxy groups -OCH3 is 1. The maximum absolute atomic E-state index is 12.6. The standard InChI is InChI=1S/C18H14N2O3/c1-23-18(22)14-9-7-12(8-10-14)15-11-19-20-16(15)17(21)13-5-3-2-4-6-13/h2-11H,1H3,(H,19,20). The van der Waals surface area contributed by atoms with Crippen molar-refractivity contribution >= 4 is 11.8 Å². The molecule has 3 aromatic rings. The van der Waals surface area contributed by atoms with Crippen molar-refractivity contribution in [1.82, 2.24) is 10.2 Å². The molecule has 1 aromatic heterocycles. The second-order valence-electron chi connectivity index (χ2n) is 4.92. The topological polar surface area (TPSA) is 72.0 Å². The molecular weight excluding hydrogens is 292 g/mol. The summed E-state index contributed by atoms with van der Waals surface area (Å²) in [5, 5.41) is 6.74. The van der Waals surface area contributed by atoms with E-state index >= 15 is 0 Å². The van der Waals surface area contributed by atoms with E-state index in [1.807, 2.05) is 18.2 Å². The van der Waals surface area contributed by atoms with E-state index in [-0.39, 0.29) is 5.78 Å². The normalized spacial score (nSPS) is 10.3. The summed E-state index contributed by atoms with van der Waals surface area (Å²) in [6, 6.07) is 15.8. The first-order valence-corrected chi connectivity index (χ1v) is 7.02. The second-order valence-corrected chi connectivity index (χ2v) is 4.92. The number of carbonyl (C=O) groups excluding carboxylic acids is 2. The first-order valence-electron chi connectivity index (χ1n) is 7.02. The molecule has 0 unspecified atom stereocenters. The van der Waals surface area contributed by atoms with Crippen LogP contribution < -0.4 is 0 Å². The molecule has 114 valence electrons. The molecule has 0 aliphatic carbocycles. The largest absolute Gasteiger partial charge is 0.465 e. The van der Waals surface area contributed by atoms with Gasteiger partial charge in [-0.2, -0.15) is 5.10 Å². The zero-order chi connectivity index (χ0) is 16.2. The predicted molar refractivity (Wildman–Crippen MR) is 85.2 cm³/mol. The smallest absolute Gasteiger partial charge is 0.337 e. The number of ketones is 1. The molecule has 0 aliphatic rings. The summed E-state index contributed by atoms with van der Waals surface area (Å²) in [6.45, 7) is 0. The maximum atomic E-state index is 12.6. The van der Waals surface area contributed by atoms with Crippen molar-refractivity contribution in [1.29, 1.82) is 0 Å². The van der Waals surface area contributed by atoms with Crippen LogP contribution in [-0.4, -0.2) is 29.1 Å².